The third-order valence-corrected chi connectivity index (χ3v) is 4.65. The van der Waals surface area contributed by atoms with Crippen molar-refractivity contribution in [1.82, 2.24) is 5.48 Å². The lowest BCUT2D eigenvalue weighted by molar-refractivity contribution is -0.127. The standard InChI is InChI=1S/C21H18F4N2O4/c1-30-11-6-3-5-10(9-11)14-15(22)17(24)19(18(25)16(14)23)26-20(28)12-7-4-8-13(12)21(29)27-31-2/h3,5-6,9H,4,7-8H2,1-2H3,(H,26,28)(H,27,29)/i1D3,2D3. The molecule has 2 amide bonds. The molecule has 0 bridgehead atoms. The third-order valence-electron chi connectivity index (χ3n) is 4.65. The first-order valence-corrected chi connectivity index (χ1v) is 8.76. The SMILES string of the molecule is [2H]C([2H])([2H])ONC(=O)C1=C(C(=O)Nc2c(F)c(F)c(-c3cccc(OC([2H])([2H])[2H])c3)c(F)c2F)CCC1. The van der Waals surface area contributed by atoms with Gasteiger partial charge in [0.25, 0.3) is 11.8 Å². The molecule has 0 unspecified atom stereocenters. The summed E-state index contributed by atoms with van der Waals surface area (Å²) in [6, 6.07) is 4.22. The predicted octanol–water partition coefficient (Wildman–Crippen LogP) is 4.02. The molecule has 0 heterocycles. The van der Waals surface area contributed by atoms with Gasteiger partial charge >= 0.3 is 0 Å². The average molecular weight is 444 g/mol. The maximum Gasteiger partial charge on any atom is 0.271 e. The first-order valence-electron chi connectivity index (χ1n) is 11.8. The highest BCUT2D eigenvalue weighted by atomic mass is 19.2. The minimum absolute atomic E-state index is 0.000226. The van der Waals surface area contributed by atoms with Crippen LogP contribution in [0.5, 0.6) is 5.75 Å². The van der Waals surface area contributed by atoms with Gasteiger partial charge in [-0.2, -0.15) is 0 Å². The van der Waals surface area contributed by atoms with Crippen molar-refractivity contribution in [2.75, 3.05) is 19.4 Å². The monoisotopic (exact) mass is 444 g/mol. The van der Waals surface area contributed by atoms with Crippen LogP contribution in [0.3, 0.4) is 0 Å². The van der Waals surface area contributed by atoms with E-state index in [1.807, 2.05) is 0 Å². The largest absolute Gasteiger partial charge is 0.497 e. The fraction of sp³-hybridized carbons (Fsp3) is 0.238. The first kappa shape index (κ1) is 15.4. The van der Waals surface area contributed by atoms with Crippen LogP contribution in [0.25, 0.3) is 11.1 Å². The summed E-state index contributed by atoms with van der Waals surface area (Å²) in [5, 5.41) is 1.72. The quantitative estimate of drug-likeness (QED) is 0.401. The van der Waals surface area contributed by atoms with Gasteiger partial charge in [0, 0.05) is 11.1 Å². The van der Waals surface area contributed by atoms with Crippen molar-refractivity contribution in [1.29, 1.82) is 0 Å². The van der Waals surface area contributed by atoms with E-state index >= 15 is 0 Å². The Balaban J connectivity index is 1.93. The summed E-state index contributed by atoms with van der Waals surface area (Å²) in [6.45, 7) is 0. The number of carbonyl (C=O) groups is 2. The van der Waals surface area contributed by atoms with Crippen LogP contribution in [0.2, 0.25) is 0 Å². The minimum Gasteiger partial charge on any atom is -0.497 e. The minimum atomic E-state index is -2.97. The Morgan fingerprint density at radius 3 is 2.29 bits per heavy atom. The Labute approximate surface area is 183 Å². The Bertz CT molecular complexity index is 1250. The number of carbonyl (C=O) groups excluding carboxylic acids is 2. The van der Waals surface area contributed by atoms with Crippen molar-refractivity contribution >= 4 is 17.5 Å². The number of anilines is 1. The zero-order valence-corrected chi connectivity index (χ0v) is 15.6. The van der Waals surface area contributed by atoms with Crippen LogP contribution in [0, 0.1) is 23.3 Å². The van der Waals surface area contributed by atoms with Gasteiger partial charge in [0.2, 0.25) is 0 Å². The maximum absolute atomic E-state index is 14.9. The lowest BCUT2D eigenvalue weighted by Gasteiger charge is -2.14. The molecule has 3 rings (SSSR count). The molecule has 0 radical (unpaired) electrons. The molecule has 10 heteroatoms. The summed E-state index contributed by atoms with van der Waals surface area (Å²) in [5.41, 5.74) is -1.95. The van der Waals surface area contributed by atoms with E-state index in [0.717, 1.165) is 24.3 Å². The van der Waals surface area contributed by atoms with Crippen LogP contribution in [0.15, 0.2) is 35.4 Å². The van der Waals surface area contributed by atoms with Crippen LogP contribution < -0.4 is 15.5 Å². The summed E-state index contributed by atoms with van der Waals surface area (Å²) < 4.78 is 106. The average Bonchev–Trinajstić information content (AvgIpc) is 3.28. The number of amides is 2. The van der Waals surface area contributed by atoms with Gasteiger partial charge in [-0.1, -0.05) is 12.1 Å². The van der Waals surface area contributed by atoms with E-state index in [4.69, 9.17) is 8.22 Å². The molecule has 0 atom stereocenters. The number of methoxy groups -OCH3 is 1. The molecule has 6 nitrogen and oxygen atoms in total. The molecule has 0 spiro atoms. The first-order chi connectivity index (χ1) is 17.1. The molecule has 1 aliphatic rings. The van der Waals surface area contributed by atoms with E-state index in [-0.39, 0.29) is 36.2 Å². The van der Waals surface area contributed by atoms with Crippen LogP contribution in [-0.2, 0) is 14.4 Å². The molecule has 0 aromatic heterocycles. The van der Waals surface area contributed by atoms with Gasteiger partial charge in [-0.05, 0) is 37.0 Å². The highest BCUT2D eigenvalue weighted by Gasteiger charge is 2.30. The normalized spacial score (nSPS) is 17.0. The number of hydroxylamine groups is 1. The Kier molecular flexibility index (Phi) is 4.56. The smallest absolute Gasteiger partial charge is 0.271 e. The number of rotatable bonds is 6. The molecule has 2 aromatic rings. The van der Waals surface area contributed by atoms with E-state index < -0.39 is 66.0 Å². The second-order valence-electron chi connectivity index (χ2n) is 6.43. The number of halogens is 4. The molecule has 31 heavy (non-hydrogen) atoms. The van der Waals surface area contributed by atoms with E-state index in [0.29, 0.717) is 0 Å². The number of nitrogens with one attached hydrogen (secondary N) is 2. The van der Waals surface area contributed by atoms with E-state index in [2.05, 4.69) is 9.57 Å². The number of benzene rings is 2. The van der Waals surface area contributed by atoms with E-state index in [9.17, 15) is 27.2 Å². The number of hydrogen-bond acceptors (Lipinski definition) is 4. The molecule has 2 aromatic carbocycles. The van der Waals surface area contributed by atoms with Crippen LogP contribution in [0.1, 0.15) is 27.5 Å². The fourth-order valence-corrected chi connectivity index (χ4v) is 3.25. The van der Waals surface area contributed by atoms with Gasteiger partial charge in [0.15, 0.2) is 23.3 Å². The maximum atomic E-state index is 14.9. The van der Waals surface area contributed by atoms with Crippen LogP contribution in [-0.4, -0.2) is 25.9 Å². The van der Waals surface area contributed by atoms with Crippen molar-refractivity contribution in [3.63, 3.8) is 0 Å². The summed E-state index contributed by atoms with van der Waals surface area (Å²) >= 11 is 0. The fourth-order valence-electron chi connectivity index (χ4n) is 3.25. The Hall–Kier alpha value is -3.40. The van der Waals surface area contributed by atoms with Gasteiger partial charge in [0.1, 0.15) is 11.4 Å². The van der Waals surface area contributed by atoms with Crippen molar-refractivity contribution < 1.29 is 44.9 Å². The van der Waals surface area contributed by atoms with Crippen molar-refractivity contribution in [3.05, 3.63) is 58.7 Å². The van der Waals surface area contributed by atoms with Gasteiger partial charge in [-0.3, -0.25) is 14.4 Å². The molecule has 0 fully saturated rings. The molecule has 164 valence electrons. The summed E-state index contributed by atoms with van der Waals surface area (Å²) in [5.74, 6) is -10.4. The van der Waals surface area contributed by atoms with Crippen LogP contribution in [0.4, 0.5) is 23.2 Å². The molecular formula is C21H18F4N2O4. The van der Waals surface area contributed by atoms with E-state index in [1.165, 1.54) is 0 Å². The highest BCUT2D eigenvalue weighted by Crippen LogP contribution is 2.36. The highest BCUT2D eigenvalue weighted by molar-refractivity contribution is 6.10. The van der Waals surface area contributed by atoms with Gasteiger partial charge in [-0.25, -0.2) is 23.0 Å². The second kappa shape index (κ2) is 9.17. The molecule has 2 N–H and O–H groups in total. The molecular weight excluding hydrogens is 420 g/mol. The van der Waals surface area contributed by atoms with Crippen LogP contribution >= 0.6 is 0 Å². The lowest BCUT2D eigenvalue weighted by Crippen LogP contribution is -2.26. The topological polar surface area (TPSA) is 76.7 Å². The van der Waals surface area contributed by atoms with Gasteiger partial charge in [-0.15, -0.1) is 0 Å². The number of hydrogen-bond donors (Lipinski definition) is 2. The molecule has 0 aliphatic heterocycles. The zero-order chi connectivity index (χ0) is 27.7. The van der Waals surface area contributed by atoms with Crippen molar-refractivity contribution in [2.24, 2.45) is 0 Å². The molecule has 0 saturated carbocycles. The molecule has 1 aliphatic carbocycles. The van der Waals surface area contributed by atoms with Crippen molar-refractivity contribution in [3.8, 4) is 16.9 Å². The number of ether oxygens (including phenoxy) is 1. The zero-order valence-electron chi connectivity index (χ0n) is 21.6. The predicted molar refractivity (Wildman–Crippen MR) is 103 cm³/mol. The Morgan fingerprint density at radius 2 is 1.65 bits per heavy atom. The lowest BCUT2D eigenvalue weighted by atomic mass is 10.0. The van der Waals surface area contributed by atoms with Gasteiger partial charge in [0.05, 0.1) is 27.9 Å². The molecule has 0 saturated heterocycles. The van der Waals surface area contributed by atoms with Gasteiger partial charge < -0.3 is 10.1 Å². The summed E-state index contributed by atoms with van der Waals surface area (Å²) in [7, 11) is -5.87. The summed E-state index contributed by atoms with van der Waals surface area (Å²) in [6.07, 6.45) is 0.200. The second-order valence-corrected chi connectivity index (χ2v) is 6.43. The van der Waals surface area contributed by atoms with E-state index in [1.54, 1.807) is 10.8 Å². The van der Waals surface area contributed by atoms with Crippen molar-refractivity contribution in [2.45, 2.75) is 19.3 Å². The third kappa shape index (κ3) is 4.24. The summed E-state index contributed by atoms with van der Waals surface area (Å²) in [4.78, 5) is 29.0. The Morgan fingerprint density at radius 1 is 0.968 bits per heavy atom.